The van der Waals surface area contributed by atoms with E-state index in [1.807, 2.05) is 13.8 Å². The molecule has 0 saturated carbocycles. The van der Waals surface area contributed by atoms with Crippen LogP contribution in [0.1, 0.15) is 37.0 Å². The van der Waals surface area contributed by atoms with Crippen LogP contribution in [0.25, 0.3) is 0 Å². The third-order valence-electron chi connectivity index (χ3n) is 3.46. The molecule has 0 aromatic heterocycles. The second-order valence-electron chi connectivity index (χ2n) is 4.55. The molecule has 0 saturated heterocycles. The van der Waals surface area contributed by atoms with E-state index in [0.29, 0.717) is 28.8 Å². The quantitative estimate of drug-likeness (QED) is 0.746. The first-order valence-corrected chi connectivity index (χ1v) is 7.41. The molecule has 120 valence electrons. The molecule has 0 heterocycles. The van der Waals surface area contributed by atoms with E-state index in [0.717, 1.165) is 12.8 Å². The maximum absolute atomic E-state index is 12.2. The lowest BCUT2D eigenvalue weighted by molar-refractivity contribution is 0.0895. The fourth-order valence-electron chi connectivity index (χ4n) is 1.87. The lowest BCUT2D eigenvalue weighted by Crippen LogP contribution is -2.52. The monoisotopic (exact) mass is 338 g/mol. The molecule has 21 heavy (non-hydrogen) atoms. The summed E-state index contributed by atoms with van der Waals surface area (Å²) in [5, 5.41) is 2.94. The van der Waals surface area contributed by atoms with Gasteiger partial charge in [-0.05, 0) is 37.1 Å². The number of carbonyl (C=O) groups excluding carboxylic acids is 1. The number of rotatable bonds is 7. The second kappa shape index (κ2) is 9.23. The number of hydrogen-bond donors (Lipinski definition) is 2. The van der Waals surface area contributed by atoms with E-state index >= 15 is 0 Å². The van der Waals surface area contributed by atoms with Crippen molar-refractivity contribution in [3.63, 3.8) is 0 Å². The smallest absolute Gasteiger partial charge is 0.288 e. The van der Waals surface area contributed by atoms with Crippen molar-refractivity contribution in [2.45, 2.75) is 42.9 Å². The third kappa shape index (κ3) is 5.80. The first kappa shape index (κ1) is 20.1. The summed E-state index contributed by atoms with van der Waals surface area (Å²) in [6, 6.07) is 6.14. The second-order valence-corrected chi connectivity index (χ2v) is 5.61. The maximum Gasteiger partial charge on any atom is 0.288 e. The van der Waals surface area contributed by atoms with Gasteiger partial charge in [-0.3, -0.25) is 4.79 Å². The van der Waals surface area contributed by atoms with Crippen LogP contribution in [-0.4, -0.2) is 23.7 Å². The Morgan fingerprint density at radius 1 is 1.29 bits per heavy atom. The fraction of sp³-hybridized carbons (Fsp3) is 0.500. The minimum absolute atomic E-state index is 0. The van der Waals surface area contributed by atoms with Crippen molar-refractivity contribution >= 4 is 30.1 Å². The van der Waals surface area contributed by atoms with Gasteiger partial charge in [0.15, 0.2) is 0 Å². The van der Waals surface area contributed by atoms with Crippen molar-refractivity contribution in [3.05, 3.63) is 29.8 Å². The number of carbonyl (C=O) groups is 1. The van der Waals surface area contributed by atoms with E-state index in [-0.39, 0.29) is 18.3 Å². The van der Waals surface area contributed by atoms with E-state index in [1.165, 1.54) is 12.1 Å². The Morgan fingerprint density at radius 3 is 2.19 bits per heavy atom. The molecule has 3 nitrogen and oxygen atoms in total. The van der Waals surface area contributed by atoms with Crippen molar-refractivity contribution in [2.24, 2.45) is 5.73 Å². The molecule has 1 rings (SSSR count). The molecule has 7 heteroatoms. The minimum atomic E-state index is -2.46. The van der Waals surface area contributed by atoms with Gasteiger partial charge in [-0.2, -0.15) is 8.78 Å². The molecular weight excluding hydrogens is 318 g/mol. The molecule has 0 aliphatic carbocycles. The van der Waals surface area contributed by atoms with Crippen LogP contribution in [0.2, 0.25) is 0 Å². The van der Waals surface area contributed by atoms with Crippen LogP contribution in [0.5, 0.6) is 0 Å². The van der Waals surface area contributed by atoms with E-state index in [9.17, 15) is 13.6 Å². The molecule has 0 fully saturated rings. The van der Waals surface area contributed by atoms with Gasteiger partial charge in [0.05, 0.1) is 5.54 Å². The number of thioether (sulfide) groups is 1. The average Bonchev–Trinajstić information content (AvgIpc) is 2.45. The van der Waals surface area contributed by atoms with Gasteiger partial charge in [-0.15, -0.1) is 12.4 Å². The summed E-state index contributed by atoms with van der Waals surface area (Å²) >= 11 is 0.460. The first-order chi connectivity index (χ1) is 9.46. The Morgan fingerprint density at radius 2 is 1.81 bits per heavy atom. The zero-order valence-electron chi connectivity index (χ0n) is 12.1. The largest absolute Gasteiger partial charge is 0.345 e. The number of benzene rings is 1. The molecule has 3 N–H and O–H groups in total. The van der Waals surface area contributed by atoms with E-state index in [1.54, 1.807) is 12.1 Å². The van der Waals surface area contributed by atoms with Crippen LogP contribution >= 0.6 is 24.2 Å². The summed E-state index contributed by atoms with van der Waals surface area (Å²) in [7, 11) is 0. The Labute approximate surface area is 134 Å². The summed E-state index contributed by atoms with van der Waals surface area (Å²) in [5.41, 5.74) is 5.77. The van der Waals surface area contributed by atoms with Crippen LogP contribution in [0.4, 0.5) is 8.78 Å². The Hall–Kier alpha value is -0.850. The van der Waals surface area contributed by atoms with Gasteiger partial charge in [0.25, 0.3) is 11.7 Å². The molecule has 0 bridgehead atoms. The number of hydrogen-bond acceptors (Lipinski definition) is 3. The number of amides is 1. The lowest BCUT2D eigenvalue weighted by Gasteiger charge is -2.31. The van der Waals surface area contributed by atoms with Crippen LogP contribution in [0, 0.1) is 0 Å². The number of alkyl halides is 2. The zero-order chi connectivity index (χ0) is 15.2. The van der Waals surface area contributed by atoms with Crippen molar-refractivity contribution in [1.29, 1.82) is 0 Å². The van der Waals surface area contributed by atoms with Gasteiger partial charge in [0.1, 0.15) is 0 Å². The molecule has 0 aliphatic heterocycles. The van der Waals surface area contributed by atoms with Gasteiger partial charge in [-0.1, -0.05) is 25.6 Å². The van der Waals surface area contributed by atoms with Crippen molar-refractivity contribution in [1.82, 2.24) is 5.32 Å². The Kier molecular flexibility index (Phi) is 8.85. The van der Waals surface area contributed by atoms with Gasteiger partial charge < -0.3 is 11.1 Å². The number of nitrogens with two attached hydrogens (primary N) is 1. The third-order valence-corrected chi connectivity index (χ3v) is 4.19. The Bertz CT molecular complexity index is 431. The van der Waals surface area contributed by atoms with Gasteiger partial charge >= 0.3 is 0 Å². The molecular formula is C14H21ClF2N2OS. The summed E-state index contributed by atoms with van der Waals surface area (Å²) in [6.07, 6.45) is 1.48. The normalized spacial score (nSPS) is 11.1. The highest BCUT2D eigenvalue weighted by molar-refractivity contribution is 7.99. The molecule has 1 amide bonds. The van der Waals surface area contributed by atoms with Gasteiger partial charge in [0, 0.05) is 17.0 Å². The highest BCUT2D eigenvalue weighted by Crippen LogP contribution is 2.25. The minimum Gasteiger partial charge on any atom is -0.345 e. The molecule has 0 radical (unpaired) electrons. The molecule has 1 aromatic rings. The summed E-state index contributed by atoms with van der Waals surface area (Å²) in [5.74, 6) is -2.69. The van der Waals surface area contributed by atoms with Crippen LogP contribution in [0.3, 0.4) is 0 Å². The summed E-state index contributed by atoms with van der Waals surface area (Å²) in [6.45, 7) is 4.31. The molecule has 0 atom stereocenters. The van der Waals surface area contributed by atoms with Gasteiger partial charge in [0.2, 0.25) is 0 Å². The van der Waals surface area contributed by atoms with E-state index < -0.39 is 11.3 Å². The SMILES string of the molecule is CCC(CC)(CN)NC(=O)c1ccc(SC(F)F)cc1.Cl. The number of nitrogens with one attached hydrogen (secondary N) is 1. The Balaban J connectivity index is 0.00000400. The fourth-order valence-corrected chi connectivity index (χ4v) is 2.37. The highest BCUT2D eigenvalue weighted by Gasteiger charge is 2.26. The van der Waals surface area contributed by atoms with Crippen molar-refractivity contribution in [3.8, 4) is 0 Å². The van der Waals surface area contributed by atoms with E-state index in [4.69, 9.17) is 5.73 Å². The van der Waals surface area contributed by atoms with Crippen molar-refractivity contribution < 1.29 is 13.6 Å². The number of halogens is 3. The first-order valence-electron chi connectivity index (χ1n) is 6.53. The summed E-state index contributed by atoms with van der Waals surface area (Å²) in [4.78, 5) is 12.6. The van der Waals surface area contributed by atoms with Crippen molar-refractivity contribution in [2.75, 3.05) is 6.54 Å². The maximum atomic E-state index is 12.2. The highest BCUT2D eigenvalue weighted by atomic mass is 35.5. The van der Waals surface area contributed by atoms with Crippen LogP contribution in [0.15, 0.2) is 29.2 Å². The average molecular weight is 339 g/mol. The van der Waals surface area contributed by atoms with Gasteiger partial charge in [-0.25, -0.2) is 0 Å². The lowest BCUT2D eigenvalue weighted by atomic mass is 9.92. The van der Waals surface area contributed by atoms with Crippen LogP contribution in [-0.2, 0) is 0 Å². The molecule has 0 spiro atoms. The van der Waals surface area contributed by atoms with E-state index in [2.05, 4.69) is 5.32 Å². The predicted octanol–water partition coefficient (Wildman–Crippen LogP) is 3.67. The zero-order valence-corrected chi connectivity index (χ0v) is 13.7. The van der Waals surface area contributed by atoms with Crippen LogP contribution < -0.4 is 11.1 Å². The molecule has 0 aliphatic rings. The summed E-state index contributed by atoms with van der Waals surface area (Å²) < 4.78 is 24.4. The molecule has 1 aromatic carbocycles. The standard InChI is InChI=1S/C14H20F2N2OS.ClH/c1-3-14(4-2,9-17)18-12(19)10-5-7-11(8-6-10)20-13(15)16;/h5-8,13H,3-4,9,17H2,1-2H3,(H,18,19);1H. The molecule has 0 unspecified atom stereocenters. The topological polar surface area (TPSA) is 55.1 Å². The predicted molar refractivity (Wildman–Crippen MR) is 85.4 cm³/mol.